The van der Waals surface area contributed by atoms with Crippen LogP contribution in [0.2, 0.25) is 0 Å². The fourth-order valence-electron chi connectivity index (χ4n) is 3.12. The molecule has 2 fully saturated rings. The fraction of sp³-hybridized carbons (Fsp3) is 0.176. The van der Waals surface area contributed by atoms with Gasteiger partial charge in [-0.15, -0.1) is 0 Å². The van der Waals surface area contributed by atoms with E-state index in [9.17, 15) is 9.59 Å². The van der Waals surface area contributed by atoms with E-state index in [1.54, 1.807) is 5.06 Å². The fourth-order valence-corrected chi connectivity index (χ4v) is 3.12. The smallest absolute Gasteiger partial charge is 0.259 e. The molecule has 2 aliphatic rings. The van der Waals surface area contributed by atoms with Gasteiger partial charge in [0.1, 0.15) is 5.92 Å². The van der Waals surface area contributed by atoms with E-state index in [0.29, 0.717) is 0 Å². The third kappa shape index (κ3) is 1.90. The molecule has 2 aromatic rings. The average Bonchev–Trinajstić information content (AvgIpc) is 3.08. The molecule has 0 spiro atoms. The number of amides is 2. The Kier molecular flexibility index (Phi) is 2.94. The van der Waals surface area contributed by atoms with Gasteiger partial charge in [-0.1, -0.05) is 48.5 Å². The Labute approximate surface area is 127 Å². The zero-order chi connectivity index (χ0) is 15.1. The van der Waals surface area contributed by atoms with Gasteiger partial charge in [-0.05, 0) is 17.7 Å². The number of hydroxylamine groups is 1. The molecule has 5 heteroatoms. The second-order valence-electron chi connectivity index (χ2n) is 5.42. The van der Waals surface area contributed by atoms with E-state index in [2.05, 4.69) is 5.32 Å². The van der Waals surface area contributed by atoms with E-state index >= 15 is 0 Å². The van der Waals surface area contributed by atoms with Crippen LogP contribution in [0.4, 0.5) is 5.69 Å². The SMILES string of the molecule is O=C1NC(=O)[C@H]2ON(c3ccccc3)[C@H](c3ccccc3)[C@H]12. The number of carbonyl (C=O) groups is 2. The maximum atomic E-state index is 12.2. The largest absolute Gasteiger partial charge is 0.294 e. The number of fused-ring (bicyclic) bond motifs is 1. The van der Waals surface area contributed by atoms with Crippen molar-refractivity contribution in [1.82, 2.24) is 5.32 Å². The maximum Gasteiger partial charge on any atom is 0.259 e. The zero-order valence-electron chi connectivity index (χ0n) is 11.7. The first-order chi connectivity index (χ1) is 10.8. The number of para-hydroxylation sites is 1. The van der Waals surface area contributed by atoms with Crippen LogP contribution >= 0.6 is 0 Å². The van der Waals surface area contributed by atoms with Gasteiger partial charge < -0.3 is 0 Å². The van der Waals surface area contributed by atoms with Crippen molar-refractivity contribution < 1.29 is 14.4 Å². The van der Waals surface area contributed by atoms with Crippen LogP contribution < -0.4 is 10.4 Å². The quantitative estimate of drug-likeness (QED) is 0.858. The van der Waals surface area contributed by atoms with Gasteiger partial charge in [0.15, 0.2) is 6.10 Å². The summed E-state index contributed by atoms with van der Waals surface area (Å²) in [7, 11) is 0. The first kappa shape index (κ1) is 13.0. The molecule has 0 unspecified atom stereocenters. The summed E-state index contributed by atoms with van der Waals surface area (Å²) in [6, 6.07) is 18.8. The van der Waals surface area contributed by atoms with E-state index in [-0.39, 0.29) is 17.9 Å². The van der Waals surface area contributed by atoms with Crippen LogP contribution in [0.25, 0.3) is 0 Å². The summed E-state index contributed by atoms with van der Waals surface area (Å²) in [5, 5.41) is 4.04. The molecule has 0 bridgehead atoms. The van der Waals surface area contributed by atoms with Crippen molar-refractivity contribution in [2.24, 2.45) is 5.92 Å². The summed E-state index contributed by atoms with van der Waals surface area (Å²) in [4.78, 5) is 29.9. The summed E-state index contributed by atoms with van der Waals surface area (Å²) in [6.07, 6.45) is -0.766. The summed E-state index contributed by atoms with van der Waals surface area (Å²) in [5.74, 6) is -1.17. The molecular weight excluding hydrogens is 280 g/mol. The number of nitrogens with zero attached hydrogens (tertiary/aromatic N) is 1. The van der Waals surface area contributed by atoms with Gasteiger partial charge in [-0.3, -0.25) is 19.7 Å². The number of hydrogen-bond donors (Lipinski definition) is 1. The number of rotatable bonds is 2. The highest BCUT2D eigenvalue weighted by Gasteiger charge is 2.56. The second-order valence-corrected chi connectivity index (χ2v) is 5.42. The molecule has 0 aromatic heterocycles. The van der Waals surface area contributed by atoms with Crippen molar-refractivity contribution in [3.8, 4) is 0 Å². The van der Waals surface area contributed by atoms with E-state index in [4.69, 9.17) is 4.84 Å². The summed E-state index contributed by atoms with van der Waals surface area (Å²) >= 11 is 0. The third-order valence-corrected chi connectivity index (χ3v) is 4.11. The molecule has 0 aliphatic carbocycles. The average molecular weight is 294 g/mol. The number of benzene rings is 2. The van der Waals surface area contributed by atoms with Gasteiger partial charge in [0.25, 0.3) is 5.91 Å². The van der Waals surface area contributed by atoms with Gasteiger partial charge in [-0.2, -0.15) is 0 Å². The molecule has 4 rings (SSSR count). The van der Waals surface area contributed by atoms with Crippen molar-refractivity contribution in [1.29, 1.82) is 0 Å². The van der Waals surface area contributed by atoms with E-state index in [1.807, 2.05) is 60.7 Å². The van der Waals surface area contributed by atoms with E-state index in [0.717, 1.165) is 11.3 Å². The van der Waals surface area contributed by atoms with E-state index in [1.165, 1.54) is 0 Å². The summed E-state index contributed by atoms with van der Waals surface area (Å²) < 4.78 is 0. The lowest BCUT2D eigenvalue weighted by Crippen LogP contribution is -2.33. The number of hydrogen-bond acceptors (Lipinski definition) is 4. The molecule has 22 heavy (non-hydrogen) atoms. The van der Waals surface area contributed by atoms with Crippen LogP contribution in [0.5, 0.6) is 0 Å². The minimum absolute atomic E-state index is 0.276. The van der Waals surface area contributed by atoms with Gasteiger partial charge in [-0.25, -0.2) is 5.06 Å². The standard InChI is InChI=1S/C17H14N2O3/c20-16-13-14(11-7-3-1-4-8-11)19(12-9-5-2-6-10-12)22-15(13)17(21)18-16/h1-10,13-15H,(H,18,20,21)/t13-,14+,15-/m0/s1. The van der Waals surface area contributed by atoms with Crippen LogP contribution in [0.3, 0.4) is 0 Å². The van der Waals surface area contributed by atoms with Crippen molar-refractivity contribution in [3.05, 3.63) is 66.2 Å². The molecule has 0 saturated carbocycles. The Bertz CT molecular complexity index is 717. The molecule has 110 valence electrons. The molecule has 0 radical (unpaired) electrons. The molecule has 3 atom stereocenters. The number of anilines is 1. The van der Waals surface area contributed by atoms with Crippen molar-refractivity contribution in [2.45, 2.75) is 12.1 Å². The maximum absolute atomic E-state index is 12.2. The molecular formula is C17H14N2O3. The Morgan fingerprint density at radius 3 is 2.18 bits per heavy atom. The normalized spacial score (nSPS) is 26.9. The topological polar surface area (TPSA) is 58.6 Å². The highest BCUT2D eigenvalue weighted by molar-refractivity contribution is 6.07. The van der Waals surface area contributed by atoms with Gasteiger partial charge >= 0.3 is 0 Å². The van der Waals surface area contributed by atoms with Gasteiger partial charge in [0, 0.05) is 0 Å². The third-order valence-electron chi connectivity index (χ3n) is 4.11. The lowest BCUT2D eigenvalue weighted by Gasteiger charge is -2.27. The zero-order valence-corrected chi connectivity index (χ0v) is 11.7. The van der Waals surface area contributed by atoms with Crippen LogP contribution in [-0.2, 0) is 14.4 Å². The Hall–Kier alpha value is -2.66. The summed E-state index contributed by atoms with van der Waals surface area (Å²) in [6.45, 7) is 0. The molecule has 2 heterocycles. The van der Waals surface area contributed by atoms with Crippen LogP contribution in [0.1, 0.15) is 11.6 Å². The first-order valence-electron chi connectivity index (χ1n) is 7.16. The highest BCUT2D eigenvalue weighted by atomic mass is 16.7. The minimum atomic E-state index is -0.766. The van der Waals surface area contributed by atoms with Crippen LogP contribution in [0.15, 0.2) is 60.7 Å². The lowest BCUT2D eigenvalue weighted by molar-refractivity contribution is -0.129. The Balaban J connectivity index is 1.81. The van der Waals surface area contributed by atoms with Crippen LogP contribution in [-0.4, -0.2) is 17.9 Å². The Morgan fingerprint density at radius 2 is 1.50 bits per heavy atom. The first-order valence-corrected chi connectivity index (χ1v) is 7.16. The molecule has 2 aliphatic heterocycles. The second kappa shape index (κ2) is 4.96. The molecule has 2 amide bonds. The molecule has 1 N–H and O–H groups in total. The predicted octanol–water partition coefficient (Wildman–Crippen LogP) is 1.82. The summed E-state index contributed by atoms with van der Waals surface area (Å²) in [5.41, 5.74) is 1.77. The highest BCUT2D eigenvalue weighted by Crippen LogP contribution is 2.44. The van der Waals surface area contributed by atoms with Gasteiger partial charge in [0.2, 0.25) is 5.91 Å². The molecule has 5 nitrogen and oxygen atoms in total. The number of nitrogens with one attached hydrogen (secondary N) is 1. The number of carbonyl (C=O) groups excluding carboxylic acids is 2. The van der Waals surface area contributed by atoms with E-state index < -0.39 is 12.0 Å². The van der Waals surface area contributed by atoms with Crippen molar-refractivity contribution in [3.63, 3.8) is 0 Å². The van der Waals surface area contributed by atoms with Crippen molar-refractivity contribution >= 4 is 17.5 Å². The predicted molar refractivity (Wildman–Crippen MR) is 79.6 cm³/mol. The number of imide groups is 1. The monoisotopic (exact) mass is 294 g/mol. The van der Waals surface area contributed by atoms with Crippen LogP contribution in [0, 0.1) is 5.92 Å². The molecule has 2 saturated heterocycles. The minimum Gasteiger partial charge on any atom is -0.294 e. The molecule has 2 aromatic carbocycles. The lowest BCUT2D eigenvalue weighted by atomic mass is 9.91. The Morgan fingerprint density at radius 1 is 0.864 bits per heavy atom. The van der Waals surface area contributed by atoms with Crippen molar-refractivity contribution in [2.75, 3.05) is 5.06 Å². The van der Waals surface area contributed by atoms with Gasteiger partial charge in [0.05, 0.1) is 11.7 Å².